The van der Waals surface area contributed by atoms with E-state index >= 15 is 0 Å². The zero-order valence-electron chi connectivity index (χ0n) is 11.7. The van der Waals surface area contributed by atoms with Gasteiger partial charge in [-0.15, -0.1) is 11.3 Å². The molecule has 0 unspecified atom stereocenters. The summed E-state index contributed by atoms with van der Waals surface area (Å²) in [6, 6.07) is 12.7. The van der Waals surface area contributed by atoms with Crippen LogP contribution < -0.4 is 10.5 Å². The highest BCUT2D eigenvalue weighted by Gasteiger charge is 2.09. The van der Waals surface area contributed by atoms with Gasteiger partial charge in [0.15, 0.2) is 0 Å². The molecule has 0 spiro atoms. The van der Waals surface area contributed by atoms with Gasteiger partial charge in [-0.1, -0.05) is 24.3 Å². The maximum Gasteiger partial charge on any atom is 0.131 e. The summed E-state index contributed by atoms with van der Waals surface area (Å²) in [4.78, 5) is 0. The number of ether oxygens (including phenoxy) is 1. The van der Waals surface area contributed by atoms with Gasteiger partial charge in [-0.05, 0) is 29.8 Å². The molecule has 3 aromatic rings. The molecule has 2 aromatic carbocycles. The second-order valence-electron chi connectivity index (χ2n) is 5.02. The Morgan fingerprint density at radius 3 is 2.81 bits per heavy atom. The normalized spacial score (nSPS) is 12.5. The highest BCUT2D eigenvalue weighted by molar-refractivity contribution is 7.17. The SMILES string of the molecule is C[C@H](N)c1ccc(OCc2csc3ccccc23)cc1F. The molecule has 0 fully saturated rings. The minimum atomic E-state index is -0.322. The first-order valence-electron chi connectivity index (χ1n) is 6.78. The number of hydrogen-bond acceptors (Lipinski definition) is 3. The third kappa shape index (κ3) is 2.91. The lowest BCUT2D eigenvalue weighted by Crippen LogP contribution is -2.07. The van der Waals surface area contributed by atoms with Gasteiger partial charge in [0.25, 0.3) is 0 Å². The maximum absolute atomic E-state index is 13.9. The lowest BCUT2D eigenvalue weighted by Gasteiger charge is -2.10. The lowest BCUT2D eigenvalue weighted by atomic mass is 10.1. The van der Waals surface area contributed by atoms with Crippen LogP contribution in [0.15, 0.2) is 47.8 Å². The van der Waals surface area contributed by atoms with Crippen LogP contribution in [0.5, 0.6) is 5.75 Å². The molecule has 0 aliphatic rings. The molecule has 1 heterocycles. The molecule has 0 amide bonds. The van der Waals surface area contributed by atoms with E-state index in [9.17, 15) is 4.39 Å². The summed E-state index contributed by atoms with van der Waals surface area (Å²) < 4.78 is 20.8. The van der Waals surface area contributed by atoms with Crippen molar-refractivity contribution in [2.45, 2.75) is 19.6 Å². The Bertz CT molecular complexity index is 766. The molecule has 0 saturated carbocycles. The maximum atomic E-state index is 13.9. The predicted octanol–water partition coefficient (Wildman–Crippen LogP) is 4.64. The third-order valence-corrected chi connectivity index (χ3v) is 4.43. The van der Waals surface area contributed by atoms with E-state index in [-0.39, 0.29) is 11.9 Å². The molecule has 0 radical (unpaired) electrons. The molecule has 2 nitrogen and oxygen atoms in total. The first-order chi connectivity index (χ1) is 10.1. The molecule has 0 aliphatic carbocycles. The summed E-state index contributed by atoms with van der Waals surface area (Å²) in [5.74, 6) is 0.199. The first kappa shape index (κ1) is 14.0. The van der Waals surface area contributed by atoms with Crippen LogP contribution in [0.4, 0.5) is 4.39 Å². The number of benzene rings is 2. The van der Waals surface area contributed by atoms with E-state index in [1.54, 1.807) is 30.4 Å². The van der Waals surface area contributed by atoms with Crippen molar-refractivity contribution in [2.24, 2.45) is 5.73 Å². The van der Waals surface area contributed by atoms with Crippen molar-refractivity contribution in [3.05, 3.63) is 64.8 Å². The van der Waals surface area contributed by atoms with Crippen LogP contribution in [0.2, 0.25) is 0 Å². The molecule has 108 valence electrons. The van der Waals surface area contributed by atoms with Gasteiger partial charge in [0, 0.05) is 27.9 Å². The quantitative estimate of drug-likeness (QED) is 0.762. The fraction of sp³-hybridized carbons (Fsp3) is 0.176. The van der Waals surface area contributed by atoms with Gasteiger partial charge in [0.2, 0.25) is 0 Å². The van der Waals surface area contributed by atoms with Gasteiger partial charge in [-0.25, -0.2) is 4.39 Å². The Morgan fingerprint density at radius 2 is 2.05 bits per heavy atom. The van der Waals surface area contributed by atoms with Crippen LogP contribution in [-0.2, 0) is 6.61 Å². The Kier molecular flexibility index (Phi) is 3.90. The summed E-state index contributed by atoms with van der Waals surface area (Å²) in [6.45, 7) is 2.19. The zero-order valence-corrected chi connectivity index (χ0v) is 12.5. The van der Waals surface area contributed by atoms with Crippen LogP contribution in [0.25, 0.3) is 10.1 Å². The van der Waals surface area contributed by atoms with Crippen molar-refractivity contribution in [1.82, 2.24) is 0 Å². The Hall–Kier alpha value is -1.91. The number of fused-ring (bicyclic) bond motifs is 1. The van der Waals surface area contributed by atoms with E-state index in [0.29, 0.717) is 17.9 Å². The molecule has 0 bridgehead atoms. The van der Waals surface area contributed by atoms with E-state index < -0.39 is 0 Å². The minimum Gasteiger partial charge on any atom is -0.489 e. The molecule has 0 aliphatic heterocycles. The van der Waals surface area contributed by atoms with Gasteiger partial charge < -0.3 is 10.5 Å². The van der Waals surface area contributed by atoms with E-state index in [4.69, 9.17) is 10.5 Å². The second kappa shape index (κ2) is 5.84. The van der Waals surface area contributed by atoms with Crippen molar-refractivity contribution in [3.8, 4) is 5.75 Å². The van der Waals surface area contributed by atoms with Gasteiger partial charge in [-0.2, -0.15) is 0 Å². The van der Waals surface area contributed by atoms with Gasteiger partial charge in [-0.3, -0.25) is 0 Å². The van der Waals surface area contributed by atoms with Crippen LogP contribution in [0, 0.1) is 5.82 Å². The van der Waals surface area contributed by atoms with Crippen molar-refractivity contribution in [2.75, 3.05) is 0 Å². The summed E-state index contributed by atoms with van der Waals surface area (Å²) in [7, 11) is 0. The Balaban J connectivity index is 1.77. The first-order valence-corrected chi connectivity index (χ1v) is 7.66. The number of nitrogens with two attached hydrogens (primary N) is 1. The monoisotopic (exact) mass is 301 g/mol. The Labute approximate surface area is 127 Å². The highest BCUT2D eigenvalue weighted by atomic mass is 32.1. The average Bonchev–Trinajstić information content (AvgIpc) is 2.88. The zero-order chi connectivity index (χ0) is 14.8. The summed E-state index contributed by atoms with van der Waals surface area (Å²) >= 11 is 1.69. The molecule has 0 saturated heterocycles. The topological polar surface area (TPSA) is 35.2 Å². The summed E-state index contributed by atoms with van der Waals surface area (Å²) in [5, 5.41) is 3.27. The minimum absolute atomic E-state index is 0.320. The van der Waals surface area contributed by atoms with Crippen LogP contribution in [0.3, 0.4) is 0 Å². The van der Waals surface area contributed by atoms with Crippen LogP contribution in [0.1, 0.15) is 24.1 Å². The molecule has 1 aromatic heterocycles. The standard InChI is InChI=1S/C17H16FNOS/c1-11(19)14-7-6-13(8-16(14)18)20-9-12-10-21-17-5-3-2-4-15(12)17/h2-8,10-11H,9,19H2,1H3/t11-/m0/s1. The average molecular weight is 301 g/mol. The number of rotatable bonds is 4. The third-order valence-electron chi connectivity index (χ3n) is 3.42. The summed E-state index contributed by atoms with van der Waals surface area (Å²) in [6.07, 6.45) is 0. The van der Waals surface area contributed by atoms with Crippen molar-refractivity contribution >= 4 is 21.4 Å². The molecule has 4 heteroatoms. The number of hydrogen-bond donors (Lipinski definition) is 1. The molecule has 1 atom stereocenters. The van der Waals surface area contributed by atoms with Gasteiger partial charge >= 0.3 is 0 Å². The highest BCUT2D eigenvalue weighted by Crippen LogP contribution is 2.27. The second-order valence-corrected chi connectivity index (χ2v) is 5.93. The van der Waals surface area contributed by atoms with E-state index in [0.717, 1.165) is 5.56 Å². The molecular formula is C17H16FNOS. The fourth-order valence-corrected chi connectivity index (χ4v) is 3.22. The Morgan fingerprint density at radius 1 is 1.24 bits per heavy atom. The van der Waals surface area contributed by atoms with E-state index in [1.165, 1.54) is 16.2 Å². The van der Waals surface area contributed by atoms with Gasteiger partial charge in [0.1, 0.15) is 18.2 Å². The predicted molar refractivity (Wildman–Crippen MR) is 85.2 cm³/mol. The van der Waals surface area contributed by atoms with Crippen LogP contribution >= 0.6 is 11.3 Å². The van der Waals surface area contributed by atoms with Crippen molar-refractivity contribution < 1.29 is 9.13 Å². The van der Waals surface area contributed by atoms with Crippen LogP contribution in [-0.4, -0.2) is 0 Å². The number of thiophene rings is 1. The van der Waals surface area contributed by atoms with Crippen molar-refractivity contribution in [1.29, 1.82) is 0 Å². The summed E-state index contributed by atoms with van der Waals surface area (Å²) in [5.41, 5.74) is 7.32. The van der Waals surface area contributed by atoms with E-state index in [2.05, 4.69) is 17.5 Å². The number of halogens is 1. The fourth-order valence-electron chi connectivity index (χ4n) is 2.27. The smallest absolute Gasteiger partial charge is 0.131 e. The molecule has 2 N–H and O–H groups in total. The molecule has 21 heavy (non-hydrogen) atoms. The molecule has 3 rings (SSSR count). The lowest BCUT2D eigenvalue weighted by molar-refractivity contribution is 0.306. The molecular weight excluding hydrogens is 285 g/mol. The van der Waals surface area contributed by atoms with E-state index in [1.807, 2.05) is 12.1 Å². The van der Waals surface area contributed by atoms with Gasteiger partial charge in [0.05, 0.1) is 0 Å². The largest absolute Gasteiger partial charge is 0.489 e. The van der Waals surface area contributed by atoms with Crippen molar-refractivity contribution in [3.63, 3.8) is 0 Å².